The van der Waals surface area contributed by atoms with Crippen molar-refractivity contribution in [3.8, 4) is 11.6 Å². The van der Waals surface area contributed by atoms with Crippen LogP contribution < -0.4 is 10.5 Å². The molecule has 0 radical (unpaired) electrons. The minimum atomic E-state index is 0.166. The smallest absolute Gasteiger partial charge is 0.248 e. The minimum Gasteiger partial charge on any atom is -0.436 e. The zero-order valence-corrected chi connectivity index (χ0v) is 11.3. The van der Waals surface area contributed by atoms with E-state index in [2.05, 4.69) is 9.97 Å². The van der Waals surface area contributed by atoms with E-state index in [1.54, 1.807) is 18.0 Å². The first kappa shape index (κ1) is 12.8. The Bertz CT molecular complexity index is 575. The maximum absolute atomic E-state index is 5.73. The molecule has 0 amide bonds. The van der Waals surface area contributed by atoms with Gasteiger partial charge in [0.05, 0.1) is 0 Å². The fourth-order valence-electron chi connectivity index (χ4n) is 1.38. The van der Waals surface area contributed by atoms with Gasteiger partial charge in [-0.15, -0.1) is 11.8 Å². The van der Waals surface area contributed by atoms with Crippen molar-refractivity contribution in [2.75, 3.05) is 6.26 Å². The molecule has 92 valence electrons. The van der Waals surface area contributed by atoms with Crippen LogP contribution in [0.15, 0.2) is 41.6 Å². The number of benzene rings is 1. The van der Waals surface area contributed by atoms with E-state index in [4.69, 9.17) is 22.7 Å². The average Bonchev–Trinajstić information content (AvgIpc) is 2.40. The van der Waals surface area contributed by atoms with Crippen LogP contribution in [0.4, 0.5) is 0 Å². The van der Waals surface area contributed by atoms with E-state index in [1.807, 2.05) is 30.5 Å². The second kappa shape index (κ2) is 5.79. The topological polar surface area (TPSA) is 61.0 Å². The van der Waals surface area contributed by atoms with E-state index >= 15 is 0 Å². The number of hydrogen-bond acceptors (Lipinski definition) is 5. The van der Waals surface area contributed by atoms with Crippen LogP contribution in [0.2, 0.25) is 0 Å². The first-order chi connectivity index (χ1) is 8.72. The summed E-state index contributed by atoms with van der Waals surface area (Å²) >= 11 is 6.51. The fourth-order valence-corrected chi connectivity index (χ4v) is 2.04. The quantitative estimate of drug-likeness (QED) is 0.685. The van der Waals surface area contributed by atoms with Gasteiger partial charge in [0, 0.05) is 17.3 Å². The average molecular weight is 277 g/mol. The molecule has 0 aliphatic heterocycles. The molecule has 0 unspecified atom stereocenters. The summed E-state index contributed by atoms with van der Waals surface area (Å²) in [5, 5.41) is 0. The Labute approximate surface area is 115 Å². The van der Waals surface area contributed by atoms with Crippen LogP contribution in [-0.4, -0.2) is 21.2 Å². The highest BCUT2D eigenvalue weighted by molar-refractivity contribution is 7.98. The number of para-hydroxylation sites is 1. The van der Waals surface area contributed by atoms with Crippen LogP contribution in [-0.2, 0) is 0 Å². The van der Waals surface area contributed by atoms with E-state index in [0.717, 1.165) is 4.90 Å². The highest BCUT2D eigenvalue weighted by Crippen LogP contribution is 2.31. The van der Waals surface area contributed by atoms with Crippen LogP contribution >= 0.6 is 24.0 Å². The molecule has 0 aliphatic carbocycles. The Morgan fingerprint density at radius 3 is 2.72 bits per heavy atom. The maximum atomic E-state index is 5.73. The Balaban J connectivity index is 2.37. The van der Waals surface area contributed by atoms with Crippen molar-refractivity contribution in [2.24, 2.45) is 5.73 Å². The summed E-state index contributed by atoms with van der Waals surface area (Å²) in [6, 6.07) is 7.68. The van der Waals surface area contributed by atoms with Crippen molar-refractivity contribution in [1.29, 1.82) is 0 Å². The lowest BCUT2D eigenvalue weighted by Gasteiger charge is -2.10. The van der Waals surface area contributed by atoms with Gasteiger partial charge >= 0.3 is 0 Å². The van der Waals surface area contributed by atoms with Crippen LogP contribution in [0, 0.1) is 0 Å². The monoisotopic (exact) mass is 277 g/mol. The van der Waals surface area contributed by atoms with E-state index in [9.17, 15) is 0 Å². The predicted octanol–water partition coefficient (Wildman–Crippen LogP) is 2.62. The van der Waals surface area contributed by atoms with Crippen molar-refractivity contribution >= 4 is 29.0 Å². The number of rotatable bonds is 4. The minimum absolute atomic E-state index is 0.166. The highest BCUT2D eigenvalue weighted by Gasteiger charge is 2.11. The Hall–Kier alpha value is -1.66. The van der Waals surface area contributed by atoms with Gasteiger partial charge in [0.1, 0.15) is 10.7 Å². The zero-order valence-electron chi connectivity index (χ0n) is 9.66. The molecule has 1 aromatic carbocycles. The molecule has 0 bridgehead atoms. The largest absolute Gasteiger partial charge is 0.436 e. The SMILES string of the molecule is CSc1ccccc1Oc1nccnc1C(N)=S. The third-order valence-electron chi connectivity index (χ3n) is 2.17. The molecule has 1 aromatic heterocycles. The lowest BCUT2D eigenvalue weighted by molar-refractivity contribution is 0.448. The molecule has 0 spiro atoms. The number of thiocarbonyl (C=S) groups is 1. The van der Waals surface area contributed by atoms with Crippen LogP contribution in [0.1, 0.15) is 5.69 Å². The van der Waals surface area contributed by atoms with Gasteiger partial charge in [-0.3, -0.25) is 0 Å². The normalized spacial score (nSPS) is 10.1. The third-order valence-corrected chi connectivity index (χ3v) is 3.14. The summed E-state index contributed by atoms with van der Waals surface area (Å²) in [4.78, 5) is 9.36. The summed E-state index contributed by atoms with van der Waals surface area (Å²) in [5.74, 6) is 1.04. The van der Waals surface area contributed by atoms with Crippen LogP contribution in [0.5, 0.6) is 11.6 Å². The number of aromatic nitrogens is 2. The van der Waals surface area contributed by atoms with Crippen molar-refractivity contribution in [3.05, 3.63) is 42.4 Å². The van der Waals surface area contributed by atoms with Gasteiger partial charge in [0.2, 0.25) is 5.88 Å². The molecule has 2 N–H and O–H groups in total. The number of nitrogens with zero attached hydrogens (tertiary/aromatic N) is 2. The second-order valence-electron chi connectivity index (χ2n) is 3.33. The number of nitrogens with two attached hydrogens (primary N) is 1. The van der Waals surface area contributed by atoms with Gasteiger partial charge in [0.25, 0.3) is 0 Å². The van der Waals surface area contributed by atoms with Gasteiger partial charge < -0.3 is 10.5 Å². The number of hydrogen-bond donors (Lipinski definition) is 1. The van der Waals surface area contributed by atoms with Gasteiger partial charge in [-0.2, -0.15) is 0 Å². The van der Waals surface area contributed by atoms with Crippen molar-refractivity contribution in [2.45, 2.75) is 4.90 Å². The molecule has 2 rings (SSSR count). The Morgan fingerprint density at radius 1 is 1.28 bits per heavy atom. The maximum Gasteiger partial charge on any atom is 0.248 e. The molecule has 1 heterocycles. The second-order valence-corrected chi connectivity index (χ2v) is 4.62. The molecule has 2 aromatic rings. The van der Waals surface area contributed by atoms with Gasteiger partial charge in [-0.05, 0) is 18.4 Å². The fraction of sp³-hybridized carbons (Fsp3) is 0.0833. The predicted molar refractivity (Wildman–Crippen MR) is 76.2 cm³/mol. The Kier molecular flexibility index (Phi) is 4.11. The van der Waals surface area contributed by atoms with E-state index in [-0.39, 0.29) is 4.99 Å². The molecular weight excluding hydrogens is 266 g/mol. The van der Waals surface area contributed by atoms with Gasteiger partial charge in [0.15, 0.2) is 5.69 Å². The first-order valence-corrected chi connectivity index (χ1v) is 6.77. The third kappa shape index (κ3) is 2.77. The molecule has 0 aliphatic rings. The van der Waals surface area contributed by atoms with Crippen molar-refractivity contribution in [3.63, 3.8) is 0 Å². The van der Waals surface area contributed by atoms with Gasteiger partial charge in [-0.1, -0.05) is 24.4 Å². The molecule has 4 nitrogen and oxygen atoms in total. The summed E-state index contributed by atoms with van der Waals surface area (Å²) in [5.41, 5.74) is 5.97. The zero-order chi connectivity index (χ0) is 13.0. The van der Waals surface area contributed by atoms with Crippen molar-refractivity contribution in [1.82, 2.24) is 9.97 Å². The molecule has 0 saturated carbocycles. The molecule has 0 fully saturated rings. The van der Waals surface area contributed by atoms with E-state index < -0.39 is 0 Å². The molecule has 0 saturated heterocycles. The van der Waals surface area contributed by atoms with Crippen LogP contribution in [0.3, 0.4) is 0 Å². The molecule has 0 atom stereocenters. The van der Waals surface area contributed by atoms with Crippen LogP contribution in [0.25, 0.3) is 0 Å². The highest BCUT2D eigenvalue weighted by atomic mass is 32.2. The lowest BCUT2D eigenvalue weighted by Crippen LogP contribution is -2.13. The first-order valence-electron chi connectivity index (χ1n) is 5.14. The summed E-state index contributed by atoms with van der Waals surface area (Å²) in [6.07, 6.45) is 5.05. The van der Waals surface area contributed by atoms with Gasteiger partial charge in [-0.25, -0.2) is 9.97 Å². The van der Waals surface area contributed by atoms with E-state index in [0.29, 0.717) is 17.3 Å². The standard InChI is InChI=1S/C12H11N3OS2/c1-18-9-5-3-2-4-8(9)16-12-10(11(13)17)14-6-7-15-12/h2-7H,1H3,(H2,13,17). The molecule has 6 heteroatoms. The summed E-state index contributed by atoms with van der Waals surface area (Å²) in [6.45, 7) is 0. The molecule has 18 heavy (non-hydrogen) atoms. The molecular formula is C12H11N3OS2. The van der Waals surface area contributed by atoms with Crippen molar-refractivity contribution < 1.29 is 4.74 Å². The number of ether oxygens (including phenoxy) is 1. The summed E-state index contributed by atoms with van der Waals surface area (Å²) in [7, 11) is 0. The van der Waals surface area contributed by atoms with E-state index in [1.165, 1.54) is 6.20 Å². The lowest BCUT2D eigenvalue weighted by atomic mass is 10.3. The Morgan fingerprint density at radius 2 is 2.00 bits per heavy atom. The summed E-state index contributed by atoms with van der Waals surface area (Å²) < 4.78 is 5.73. The number of thioether (sulfide) groups is 1.